The molecular weight excluding hydrogens is 233 g/mol. The lowest BCUT2D eigenvalue weighted by atomic mass is 9.93. The standard InChI is InChI=1S/C14H26FNO2/c1-13-10-16(8-4-2-3-7-15)11-14(18-13)6-5-9-17-12-14/h13H,2-12H2,1H3/t13-,14-/m1/s1. The first-order valence-electron chi connectivity index (χ1n) is 7.28. The molecule has 4 heteroatoms. The SMILES string of the molecule is C[C@@H]1CN(CCCCCF)C[C@@]2(CCCOC2)O1. The second kappa shape index (κ2) is 6.83. The van der Waals surface area contributed by atoms with Crippen molar-refractivity contribution in [2.24, 2.45) is 0 Å². The molecule has 1 spiro atoms. The maximum absolute atomic E-state index is 12.1. The summed E-state index contributed by atoms with van der Waals surface area (Å²) in [6, 6.07) is 0. The van der Waals surface area contributed by atoms with E-state index in [2.05, 4.69) is 11.8 Å². The van der Waals surface area contributed by atoms with Crippen LogP contribution in [0.3, 0.4) is 0 Å². The Labute approximate surface area is 110 Å². The van der Waals surface area contributed by atoms with Gasteiger partial charge in [-0.1, -0.05) is 0 Å². The number of halogens is 1. The van der Waals surface area contributed by atoms with E-state index in [0.29, 0.717) is 6.42 Å². The van der Waals surface area contributed by atoms with Crippen LogP contribution >= 0.6 is 0 Å². The molecule has 2 aliphatic heterocycles. The second-order valence-corrected chi connectivity index (χ2v) is 5.75. The number of ether oxygens (including phenoxy) is 2. The van der Waals surface area contributed by atoms with Crippen molar-refractivity contribution in [3.05, 3.63) is 0 Å². The Hall–Kier alpha value is -0.190. The normalized spacial score (nSPS) is 34.0. The van der Waals surface area contributed by atoms with Crippen LogP contribution in [-0.2, 0) is 9.47 Å². The van der Waals surface area contributed by atoms with Gasteiger partial charge in [0.15, 0.2) is 0 Å². The fourth-order valence-electron chi connectivity index (χ4n) is 3.16. The van der Waals surface area contributed by atoms with E-state index in [1.165, 1.54) is 0 Å². The van der Waals surface area contributed by atoms with Crippen LogP contribution in [0.5, 0.6) is 0 Å². The molecule has 2 fully saturated rings. The van der Waals surface area contributed by atoms with Crippen LogP contribution in [0.25, 0.3) is 0 Å². The van der Waals surface area contributed by atoms with Crippen LogP contribution in [0.4, 0.5) is 4.39 Å². The summed E-state index contributed by atoms with van der Waals surface area (Å²) in [4.78, 5) is 2.47. The van der Waals surface area contributed by atoms with Crippen molar-refractivity contribution in [2.75, 3.05) is 39.5 Å². The number of rotatable bonds is 5. The summed E-state index contributed by atoms with van der Waals surface area (Å²) in [6.07, 6.45) is 5.27. The number of hydrogen-bond acceptors (Lipinski definition) is 3. The first-order chi connectivity index (χ1) is 8.74. The van der Waals surface area contributed by atoms with E-state index in [1.807, 2.05) is 0 Å². The molecule has 0 aromatic carbocycles. The fraction of sp³-hybridized carbons (Fsp3) is 1.00. The van der Waals surface area contributed by atoms with Gasteiger partial charge in [-0.15, -0.1) is 0 Å². The van der Waals surface area contributed by atoms with E-state index < -0.39 is 0 Å². The van der Waals surface area contributed by atoms with Crippen LogP contribution in [0.15, 0.2) is 0 Å². The lowest BCUT2D eigenvalue weighted by Gasteiger charge is -2.47. The van der Waals surface area contributed by atoms with E-state index >= 15 is 0 Å². The van der Waals surface area contributed by atoms with Crippen molar-refractivity contribution in [3.63, 3.8) is 0 Å². The van der Waals surface area contributed by atoms with Crippen molar-refractivity contribution in [3.8, 4) is 0 Å². The largest absolute Gasteiger partial charge is 0.378 e. The molecule has 0 N–H and O–H groups in total. The molecule has 0 aliphatic carbocycles. The summed E-state index contributed by atoms with van der Waals surface area (Å²) in [5, 5.41) is 0. The van der Waals surface area contributed by atoms with E-state index in [-0.39, 0.29) is 18.4 Å². The summed E-state index contributed by atoms with van der Waals surface area (Å²) >= 11 is 0. The van der Waals surface area contributed by atoms with Crippen molar-refractivity contribution in [1.82, 2.24) is 4.90 Å². The van der Waals surface area contributed by atoms with Crippen LogP contribution in [-0.4, -0.2) is 56.1 Å². The molecule has 0 bridgehead atoms. The lowest BCUT2D eigenvalue weighted by Crippen LogP contribution is -2.58. The van der Waals surface area contributed by atoms with Crippen LogP contribution in [0.1, 0.15) is 39.0 Å². The lowest BCUT2D eigenvalue weighted by molar-refractivity contribution is -0.196. The zero-order valence-electron chi connectivity index (χ0n) is 11.5. The summed E-state index contributed by atoms with van der Waals surface area (Å²) < 4.78 is 23.8. The summed E-state index contributed by atoms with van der Waals surface area (Å²) in [5.41, 5.74) is -0.0734. The van der Waals surface area contributed by atoms with Crippen molar-refractivity contribution in [1.29, 1.82) is 0 Å². The number of nitrogens with zero attached hydrogens (tertiary/aromatic N) is 1. The maximum Gasteiger partial charge on any atom is 0.105 e. The van der Waals surface area contributed by atoms with Gasteiger partial charge >= 0.3 is 0 Å². The van der Waals surface area contributed by atoms with Gasteiger partial charge in [0.05, 0.1) is 19.4 Å². The number of morpholine rings is 1. The average molecular weight is 259 g/mol. The molecule has 106 valence electrons. The summed E-state index contributed by atoms with van der Waals surface area (Å²) in [7, 11) is 0. The molecule has 0 amide bonds. The van der Waals surface area contributed by atoms with Crippen LogP contribution in [0, 0.1) is 0 Å². The van der Waals surface area contributed by atoms with Gasteiger partial charge in [-0.05, 0) is 45.6 Å². The molecule has 3 nitrogen and oxygen atoms in total. The zero-order chi connectivity index (χ0) is 12.8. The van der Waals surface area contributed by atoms with Gasteiger partial charge in [-0.2, -0.15) is 0 Å². The third-order valence-electron chi connectivity index (χ3n) is 3.87. The maximum atomic E-state index is 12.1. The monoisotopic (exact) mass is 259 g/mol. The van der Waals surface area contributed by atoms with Crippen molar-refractivity contribution < 1.29 is 13.9 Å². The number of alkyl halides is 1. The van der Waals surface area contributed by atoms with Crippen LogP contribution in [0.2, 0.25) is 0 Å². The van der Waals surface area contributed by atoms with Gasteiger partial charge in [0.25, 0.3) is 0 Å². The third kappa shape index (κ3) is 3.90. The van der Waals surface area contributed by atoms with Crippen LogP contribution < -0.4 is 0 Å². The predicted molar refractivity (Wildman–Crippen MR) is 69.6 cm³/mol. The molecule has 2 rings (SSSR count). The smallest absolute Gasteiger partial charge is 0.105 e. The Morgan fingerprint density at radius 2 is 2.22 bits per heavy atom. The van der Waals surface area contributed by atoms with E-state index in [9.17, 15) is 4.39 Å². The van der Waals surface area contributed by atoms with E-state index in [1.54, 1.807) is 0 Å². The fourth-order valence-corrected chi connectivity index (χ4v) is 3.16. The topological polar surface area (TPSA) is 21.7 Å². The van der Waals surface area contributed by atoms with E-state index in [0.717, 1.165) is 58.5 Å². The zero-order valence-corrected chi connectivity index (χ0v) is 11.5. The Balaban J connectivity index is 1.80. The highest BCUT2D eigenvalue weighted by Crippen LogP contribution is 2.30. The molecule has 2 atom stereocenters. The highest BCUT2D eigenvalue weighted by atomic mass is 19.1. The molecule has 2 aliphatic rings. The van der Waals surface area contributed by atoms with Gasteiger partial charge < -0.3 is 9.47 Å². The molecule has 0 unspecified atom stereocenters. The quantitative estimate of drug-likeness (QED) is 0.708. The molecule has 2 heterocycles. The van der Waals surface area contributed by atoms with Gasteiger partial charge in [0, 0.05) is 19.7 Å². The summed E-state index contributed by atoms with van der Waals surface area (Å²) in [5.74, 6) is 0. The van der Waals surface area contributed by atoms with Crippen molar-refractivity contribution in [2.45, 2.75) is 50.7 Å². The molecule has 0 aromatic rings. The molecular formula is C14H26FNO2. The van der Waals surface area contributed by atoms with Crippen molar-refractivity contribution >= 4 is 0 Å². The number of hydrogen-bond donors (Lipinski definition) is 0. The minimum Gasteiger partial charge on any atom is -0.378 e. The highest BCUT2D eigenvalue weighted by Gasteiger charge is 2.40. The van der Waals surface area contributed by atoms with Gasteiger partial charge in [0.1, 0.15) is 5.60 Å². The second-order valence-electron chi connectivity index (χ2n) is 5.75. The first-order valence-corrected chi connectivity index (χ1v) is 7.28. The Morgan fingerprint density at radius 1 is 1.33 bits per heavy atom. The Kier molecular flexibility index (Phi) is 5.39. The molecule has 0 saturated carbocycles. The minimum atomic E-state index is -0.183. The highest BCUT2D eigenvalue weighted by molar-refractivity contribution is 4.91. The first kappa shape index (κ1) is 14.2. The Bertz CT molecular complexity index is 244. The molecule has 0 radical (unpaired) electrons. The average Bonchev–Trinajstić information content (AvgIpc) is 2.35. The molecule has 2 saturated heterocycles. The minimum absolute atomic E-state index is 0.0734. The van der Waals surface area contributed by atoms with Gasteiger partial charge in [-0.3, -0.25) is 9.29 Å². The molecule has 18 heavy (non-hydrogen) atoms. The third-order valence-corrected chi connectivity index (χ3v) is 3.87. The summed E-state index contributed by atoms with van der Waals surface area (Å²) in [6.45, 7) is 6.61. The van der Waals surface area contributed by atoms with E-state index in [4.69, 9.17) is 9.47 Å². The predicted octanol–water partition coefficient (Wildman–Crippen LogP) is 2.40. The van der Waals surface area contributed by atoms with Gasteiger partial charge in [0.2, 0.25) is 0 Å². The Morgan fingerprint density at radius 3 is 2.94 bits per heavy atom. The molecule has 0 aromatic heterocycles. The van der Waals surface area contributed by atoms with Gasteiger partial charge in [-0.25, -0.2) is 0 Å². The number of unbranched alkanes of at least 4 members (excludes halogenated alkanes) is 2.